The van der Waals surface area contributed by atoms with Gasteiger partial charge in [0, 0.05) is 30.9 Å². The second-order valence-electron chi connectivity index (χ2n) is 8.73. The second kappa shape index (κ2) is 10.1. The monoisotopic (exact) mass is 485 g/mol. The molecule has 1 fully saturated rings. The van der Waals surface area contributed by atoms with E-state index in [4.69, 9.17) is 10.5 Å². The summed E-state index contributed by atoms with van der Waals surface area (Å²) >= 11 is 0. The fraction of sp³-hybridized carbons (Fsp3) is 0.458. The van der Waals surface area contributed by atoms with E-state index >= 15 is 0 Å². The molecule has 1 aromatic heterocycles. The van der Waals surface area contributed by atoms with Gasteiger partial charge in [-0.15, -0.1) is 0 Å². The third kappa shape index (κ3) is 5.39. The van der Waals surface area contributed by atoms with Gasteiger partial charge in [0.2, 0.25) is 21.9 Å². The summed E-state index contributed by atoms with van der Waals surface area (Å²) in [5, 5.41) is 0. The first-order valence-electron chi connectivity index (χ1n) is 11.6. The molecule has 2 aliphatic heterocycles. The number of nitrogens with zero attached hydrogens (tertiary/aromatic N) is 3. The van der Waals surface area contributed by atoms with Gasteiger partial charge in [-0.05, 0) is 68.9 Å². The summed E-state index contributed by atoms with van der Waals surface area (Å²) in [4.78, 5) is 23.5. The van der Waals surface area contributed by atoms with Gasteiger partial charge in [-0.1, -0.05) is 12.2 Å². The standard InChI is InChI=1S/C24H31N5O4S/c1-16-20(17(2)27-24(25)26-16)7-3-5-12-29-13-6-4-8-21(23(29)30)28-34(31,32)19-9-10-22-18(15-19)11-14-33-22/h3,5,9-10,15,21,28H,4,6-8,11-14H2,1-2H3,(H2,25,26,27)/t21-/m0/s1. The number of rotatable bonds is 7. The maximum atomic E-state index is 13.2. The largest absolute Gasteiger partial charge is 0.493 e. The van der Waals surface area contributed by atoms with Crippen LogP contribution in [0.1, 0.15) is 41.8 Å². The topological polar surface area (TPSA) is 128 Å². The Kier molecular flexibility index (Phi) is 7.18. The van der Waals surface area contributed by atoms with Crippen LogP contribution < -0.4 is 15.2 Å². The van der Waals surface area contributed by atoms with Crippen molar-refractivity contribution < 1.29 is 17.9 Å². The highest BCUT2D eigenvalue weighted by atomic mass is 32.2. The lowest BCUT2D eigenvalue weighted by Gasteiger charge is -2.23. The van der Waals surface area contributed by atoms with Crippen molar-refractivity contribution in [3.63, 3.8) is 0 Å². The predicted molar refractivity (Wildman–Crippen MR) is 129 cm³/mol. The molecule has 9 nitrogen and oxygen atoms in total. The van der Waals surface area contributed by atoms with Gasteiger partial charge in [0.15, 0.2) is 0 Å². The van der Waals surface area contributed by atoms with E-state index in [0.29, 0.717) is 39.0 Å². The van der Waals surface area contributed by atoms with E-state index in [1.54, 1.807) is 17.0 Å². The number of hydrogen-bond acceptors (Lipinski definition) is 7. The van der Waals surface area contributed by atoms with Gasteiger partial charge in [0.1, 0.15) is 11.8 Å². The number of likely N-dealkylation sites (tertiary alicyclic amines) is 1. The molecule has 2 aromatic rings. The van der Waals surface area contributed by atoms with E-state index < -0.39 is 16.1 Å². The number of nitrogens with one attached hydrogen (secondary N) is 1. The van der Waals surface area contributed by atoms with Crippen molar-refractivity contribution in [1.82, 2.24) is 19.6 Å². The normalized spacial score (nSPS) is 18.7. The zero-order valence-electron chi connectivity index (χ0n) is 19.6. The molecule has 10 heteroatoms. The zero-order valence-corrected chi connectivity index (χ0v) is 20.4. The van der Waals surface area contributed by atoms with E-state index in [-0.39, 0.29) is 16.8 Å². The number of benzene rings is 1. The van der Waals surface area contributed by atoms with Crippen molar-refractivity contribution >= 4 is 21.9 Å². The molecule has 4 rings (SSSR count). The SMILES string of the molecule is Cc1nc(N)nc(C)c1CC=CCN1CCCC[C@H](NS(=O)(=O)c2ccc3c(c2)CCO3)C1=O. The summed E-state index contributed by atoms with van der Waals surface area (Å²) in [5.41, 5.74) is 9.26. The summed E-state index contributed by atoms with van der Waals surface area (Å²) < 4.78 is 34.1. The highest BCUT2D eigenvalue weighted by molar-refractivity contribution is 7.89. The van der Waals surface area contributed by atoms with Crippen LogP contribution in [0.15, 0.2) is 35.2 Å². The van der Waals surface area contributed by atoms with Gasteiger partial charge in [0.05, 0.1) is 11.5 Å². The first-order valence-corrected chi connectivity index (χ1v) is 13.0. The van der Waals surface area contributed by atoms with Crippen molar-refractivity contribution in [3.05, 3.63) is 52.9 Å². The number of aromatic nitrogens is 2. The number of hydrogen-bond donors (Lipinski definition) is 2. The van der Waals surface area contributed by atoms with E-state index in [1.807, 2.05) is 26.0 Å². The summed E-state index contributed by atoms with van der Waals surface area (Å²) in [7, 11) is -3.82. The van der Waals surface area contributed by atoms with Crippen LogP contribution in [0, 0.1) is 13.8 Å². The third-order valence-corrected chi connectivity index (χ3v) is 7.77. The van der Waals surface area contributed by atoms with Gasteiger partial charge in [-0.3, -0.25) is 4.79 Å². The van der Waals surface area contributed by atoms with Crippen molar-refractivity contribution in [2.24, 2.45) is 0 Å². The summed E-state index contributed by atoms with van der Waals surface area (Å²) in [6.45, 7) is 5.37. The van der Waals surface area contributed by atoms with Crippen molar-refractivity contribution in [2.45, 2.75) is 56.9 Å². The van der Waals surface area contributed by atoms with Crippen LogP contribution >= 0.6 is 0 Å². The minimum absolute atomic E-state index is 0.164. The molecule has 0 saturated carbocycles. The van der Waals surface area contributed by atoms with Crippen LogP contribution in [0.4, 0.5) is 5.95 Å². The number of carbonyl (C=O) groups excluding carboxylic acids is 1. The van der Waals surface area contributed by atoms with Crippen LogP contribution in [0.5, 0.6) is 5.75 Å². The smallest absolute Gasteiger partial charge is 0.241 e. The molecule has 0 spiro atoms. The lowest BCUT2D eigenvalue weighted by molar-refractivity contribution is -0.131. The van der Waals surface area contributed by atoms with E-state index in [9.17, 15) is 13.2 Å². The van der Waals surface area contributed by atoms with Crippen LogP contribution in [0.2, 0.25) is 0 Å². The fourth-order valence-electron chi connectivity index (χ4n) is 4.44. The van der Waals surface area contributed by atoms with Gasteiger partial charge >= 0.3 is 0 Å². The van der Waals surface area contributed by atoms with Crippen LogP contribution in [-0.4, -0.2) is 54.9 Å². The third-order valence-electron chi connectivity index (χ3n) is 6.30. The quantitative estimate of drug-likeness (QED) is 0.575. The zero-order chi connectivity index (χ0) is 24.3. The Hall–Kier alpha value is -2.98. The predicted octanol–water partition coefficient (Wildman–Crippen LogP) is 2.07. The number of aryl methyl sites for hydroxylation is 2. The van der Waals surface area contributed by atoms with Crippen molar-refractivity contribution in [3.8, 4) is 5.75 Å². The molecule has 0 unspecified atom stereocenters. The van der Waals surface area contributed by atoms with Crippen LogP contribution in [0.25, 0.3) is 0 Å². The lowest BCUT2D eigenvalue weighted by atomic mass is 10.1. The molecular formula is C24H31N5O4S. The van der Waals surface area contributed by atoms with E-state index in [1.165, 1.54) is 6.07 Å². The average molecular weight is 486 g/mol. The van der Waals surface area contributed by atoms with Crippen molar-refractivity contribution in [1.29, 1.82) is 0 Å². The Labute approximate surface area is 200 Å². The summed E-state index contributed by atoms with van der Waals surface area (Å²) in [6.07, 6.45) is 7.33. The fourth-order valence-corrected chi connectivity index (χ4v) is 5.72. The molecular weight excluding hydrogens is 454 g/mol. The summed E-state index contributed by atoms with van der Waals surface area (Å²) in [6, 6.07) is 4.06. The van der Waals surface area contributed by atoms with Gasteiger partial charge in [0.25, 0.3) is 0 Å². The van der Waals surface area contributed by atoms with Gasteiger partial charge < -0.3 is 15.4 Å². The minimum atomic E-state index is -3.82. The highest BCUT2D eigenvalue weighted by Crippen LogP contribution is 2.28. The number of ether oxygens (including phenoxy) is 1. The molecule has 2 aliphatic rings. The molecule has 3 heterocycles. The number of fused-ring (bicyclic) bond motifs is 1. The Morgan fingerprint density at radius 2 is 1.97 bits per heavy atom. The first-order chi connectivity index (χ1) is 16.2. The van der Waals surface area contributed by atoms with Crippen LogP contribution in [0.3, 0.4) is 0 Å². The number of anilines is 1. The number of nitrogens with two attached hydrogens (primary N) is 1. The van der Waals surface area contributed by atoms with E-state index in [2.05, 4.69) is 14.7 Å². The molecule has 0 aliphatic carbocycles. The molecule has 1 atom stereocenters. The number of allylic oxidation sites excluding steroid dienone is 1. The molecule has 1 saturated heterocycles. The van der Waals surface area contributed by atoms with Crippen molar-refractivity contribution in [2.75, 3.05) is 25.4 Å². The Balaban J connectivity index is 1.40. The number of nitrogen functional groups attached to an aromatic ring is 1. The molecule has 182 valence electrons. The molecule has 0 radical (unpaired) electrons. The molecule has 0 bridgehead atoms. The van der Waals surface area contributed by atoms with Crippen LogP contribution in [-0.2, 0) is 27.7 Å². The van der Waals surface area contributed by atoms with E-state index in [0.717, 1.165) is 41.1 Å². The number of carbonyl (C=O) groups is 1. The van der Waals surface area contributed by atoms with Gasteiger partial charge in [-0.25, -0.2) is 18.4 Å². The maximum absolute atomic E-state index is 13.2. The Morgan fingerprint density at radius 3 is 2.74 bits per heavy atom. The molecule has 1 aromatic carbocycles. The first kappa shape index (κ1) is 24.2. The number of amides is 1. The lowest BCUT2D eigenvalue weighted by Crippen LogP contribution is -2.47. The molecule has 34 heavy (non-hydrogen) atoms. The maximum Gasteiger partial charge on any atom is 0.241 e. The number of sulfonamides is 1. The molecule has 1 amide bonds. The summed E-state index contributed by atoms with van der Waals surface area (Å²) in [5.74, 6) is 0.788. The average Bonchev–Trinajstić information content (AvgIpc) is 3.19. The highest BCUT2D eigenvalue weighted by Gasteiger charge is 2.31. The minimum Gasteiger partial charge on any atom is -0.493 e. The van der Waals surface area contributed by atoms with Gasteiger partial charge in [-0.2, -0.15) is 4.72 Å². The molecule has 3 N–H and O–H groups in total. The Morgan fingerprint density at radius 1 is 1.21 bits per heavy atom. The second-order valence-corrected chi connectivity index (χ2v) is 10.4. The Bertz CT molecular complexity index is 1190.